The number of nitrogens with two attached hydrogens (primary N) is 1. The largest absolute Gasteiger partial charge is 0.369 e. The Hall–Kier alpha value is -2.93. The molecule has 2 aromatic carbocycles. The van der Waals surface area contributed by atoms with Crippen LogP contribution >= 0.6 is 15.9 Å². The molecule has 3 rings (SSSR count). The van der Waals surface area contributed by atoms with E-state index in [9.17, 15) is 9.59 Å². The van der Waals surface area contributed by atoms with Crippen molar-refractivity contribution in [1.82, 2.24) is 9.78 Å². The zero-order valence-corrected chi connectivity index (χ0v) is 14.7. The van der Waals surface area contributed by atoms with Crippen LogP contribution in [0, 0.1) is 0 Å². The number of nitrogens with one attached hydrogen (secondary N) is 1. The van der Waals surface area contributed by atoms with Gasteiger partial charge in [0.1, 0.15) is 0 Å². The topological polar surface area (TPSA) is 90.0 Å². The fraction of sp³-hybridized carbons (Fsp3) is 0.0556. The highest BCUT2D eigenvalue weighted by Gasteiger charge is 2.07. The highest BCUT2D eigenvalue weighted by atomic mass is 79.9. The van der Waals surface area contributed by atoms with E-state index in [0.717, 1.165) is 15.7 Å². The lowest BCUT2D eigenvalue weighted by atomic mass is 10.1. The maximum atomic E-state index is 12.3. The third-order valence-electron chi connectivity index (χ3n) is 3.54. The van der Waals surface area contributed by atoms with Crippen molar-refractivity contribution in [2.75, 3.05) is 5.32 Å². The van der Waals surface area contributed by atoms with E-state index in [4.69, 9.17) is 5.73 Å². The van der Waals surface area contributed by atoms with Gasteiger partial charge in [-0.05, 0) is 57.9 Å². The predicted molar refractivity (Wildman–Crippen MR) is 98.6 cm³/mol. The Morgan fingerprint density at radius 3 is 2.32 bits per heavy atom. The van der Waals surface area contributed by atoms with Gasteiger partial charge in [-0.25, -0.2) is 4.68 Å². The molecule has 1 heterocycles. The molecule has 3 N–H and O–H groups in total. The number of aromatic nitrogens is 2. The van der Waals surface area contributed by atoms with Crippen LogP contribution in [0.4, 0.5) is 5.69 Å². The summed E-state index contributed by atoms with van der Waals surface area (Å²) < 4.78 is 2.59. The van der Waals surface area contributed by atoms with Gasteiger partial charge in [0, 0.05) is 17.4 Å². The number of nitrogens with zero attached hydrogens (tertiary/aromatic N) is 2. The smallest absolute Gasteiger partial charge is 0.255 e. The summed E-state index contributed by atoms with van der Waals surface area (Å²) in [6, 6.07) is 14.1. The quantitative estimate of drug-likeness (QED) is 0.691. The molecular formula is C18H15BrN4O2. The van der Waals surface area contributed by atoms with Gasteiger partial charge in [0.15, 0.2) is 0 Å². The van der Waals surface area contributed by atoms with Crippen molar-refractivity contribution in [2.24, 2.45) is 5.73 Å². The summed E-state index contributed by atoms with van der Waals surface area (Å²) in [7, 11) is 0. The number of carbonyl (C=O) groups is 2. The van der Waals surface area contributed by atoms with E-state index < -0.39 is 0 Å². The van der Waals surface area contributed by atoms with Crippen molar-refractivity contribution in [1.29, 1.82) is 0 Å². The van der Waals surface area contributed by atoms with E-state index in [-0.39, 0.29) is 18.2 Å². The fourth-order valence-corrected chi connectivity index (χ4v) is 2.60. The number of hydrogen-bond donors (Lipinski definition) is 2. The highest BCUT2D eigenvalue weighted by molar-refractivity contribution is 9.10. The van der Waals surface area contributed by atoms with Gasteiger partial charge in [-0.3, -0.25) is 9.59 Å². The molecule has 1 aromatic heterocycles. The normalized spacial score (nSPS) is 10.4. The van der Waals surface area contributed by atoms with Crippen LogP contribution in [0.5, 0.6) is 0 Å². The first-order chi connectivity index (χ1) is 12.0. The Bertz CT molecular complexity index is 902. The van der Waals surface area contributed by atoms with Crippen LogP contribution in [0.3, 0.4) is 0 Å². The predicted octanol–water partition coefficient (Wildman–Crippen LogP) is 2.91. The molecule has 0 aliphatic heterocycles. The second kappa shape index (κ2) is 7.31. The lowest BCUT2D eigenvalue weighted by molar-refractivity contribution is -0.117. The number of halogens is 1. The summed E-state index contributed by atoms with van der Waals surface area (Å²) in [6.07, 6.45) is 3.71. The lowest BCUT2D eigenvalue weighted by Crippen LogP contribution is -2.14. The molecule has 0 atom stereocenters. The highest BCUT2D eigenvalue weighted by Crippen LogP contribution is 2.15. The van der Waals surface area contributed by atoms with Gasteiger partial charge < -0.3 is 11.1 Å². The first kappa shape index (κ1) is 16.9. The van der Waals surface area contributed by atoms with Gasteiger partial charge in [-0.15, -0.1) is 0 Å². The third kappa shape index (κ3) is 4.33. The van der Waals surface area contributed by atoms with E-state index in [0.29, 0.717) is 11.3 Å². The first-order valence-corrected chi connectivity index (χ1v) is 8.30. The van der Waals surface area contributed by atoms with Gasteiger partial charge in [-0.2, -0.15) is 5.10 Å². The number of amides is 2. The molecule has 0 radical (unpaired) electrons. The van der Waals surface area contributed by atoms with E-state index in [2.05, 4.69) is 26.3 Å². The first-order valence-electron chi connectivity index (χ1n) is 7.50. The van der Waals surface area contributed by atoms with Crippen LogP contribution in [0.15, 0.2) is 65.4 Å². The fourth-order valence-electron chi connectivity index (χ4n) is 2.32. The van der Waals surface area contributed by atoms with Crippen LogP contribution < -0.4 is 11.1 Å². The summed E-state index contributed by atoms with van der Waals surface area (Å²) in [6.45, 7) is 0. The molecule has 0 aliphatic carbocycles. The molecule has 6 nitrogen and oxygen atoms in total. The van der Waals surface area contributed by atoms with Crippen LogP contribution in [0.1, 0.15) is 15.9 Å². The average Bonchev–Trinajstić information content (AvgIpc) is 3.03. The number of carbonyl (C=O) groups excluding carboxylic acids is 2. The Morgan fingerprint density at radius 1 is 1.08 bits per heavy atom. The van der Waals surface area contributed by atoms with Gasteiger partial charge in [0.2, 0.25) is 5.91 Å². The Kier molecular flexibility index (Phi) is 4.95. The number of rotatable bonds is 5. The molecule has 0 unspecified atom stereocenters. The molecule has 25 heavy (non-hydrogen) atoms. The molecule has 0 aliphatic rings. The second-order valence-corrected chi connectivity index (χ2v) is 6.36. The SMILES string of the molecule is NC(=O)Cc1ccc(NC(=O)c2ccc(-n3cc(Br)cn3)cc2)cc1. The summed E-state index contributed by atoms with van der Waals surface area (Å²) in [5.74, 6) is -0.600. The minimum atomic E-state index is -0.388. The van der Waals surface area contributed by atoms with E-state index >= 15 is 0 Å². The number of benzene rings is 2. The van der Waals surface area contributed by atoms with Gasteiger partial charge >= 0.3 is 0 Å². The summed E-state index contributed by atoms with van der Waals surface area (Å²) in [5.41, 5.74) is 8.01. The van der Waals surface area contributed by atoms with Crippen LogP contribution in [-0.4, -0.2) is 21.6 Å². The zero-order chi connectivity index (χ0) is 17.8. The Morgan fingerprint density at radius 2 is 1.76 bits per heavy atom. The monoisotopic (exact) mass is 398 g/mol. The van der Waals surface area contributed by atoms with Crippen molar-refractivity contribution in [3.8, 4) is 5.69 Å². The second-order valence-electron chi connectivity index (χ2n) is 5.44. The van der Waals surface area contributed by atoms with Crippen molar-refractivity contribution >= 4 is 33.4 Å². The molecule has 126 valence electrons. The van der Waals surface area contributed by atoms with Crippen LogP contribution in [0.25, 0.3) is 5.69 Å². The minimum Gasteiger partial charge on any atom is -0.369 e. The van der Waals surface area contributed by atoms with Crippen LogP contribution in [0.2, 0.25) is 0 Å². The molecule has 0 spiro atoms. The summed E-state index contributed by atoms with van der Waals surface area (Å²) >= 11 is 3.35. The standard InChI is InChI=1S/C18H15BrN4O2/c19-14-10-21-23(11-14)16-7-3-13(4-8-16)18(25)22-15-5-1-12(2-6-15)9-17(20)24/h1-8,10-11H,9H2,(H2,20,24)(H,22,25). The van der Waals surface area contributed by atoms with Crippen molar-refractivity contribution in [2.45, 2.75) is 6.42 Å². The summed E-state index contributed by atoms with van der Waals surface area (Å²) in [4.78, 5) is 23.2. The van der Waals surface area contributed by atoms with Crippen molar-refractivity contribution < 1.29 is 9.59 Å². The van der Waals surface area contributed by atoms with E-state index in [1.807, 2.05) is 18.3 Å². The molecule has 7 heteroatoms. The Labute approximate surface area is 152 Å². The third-order valence-corrected chi connectivity index (χ3v) is 3.94. The molecule has 2 amide bonds. The van der Waals surface area contributed by atoms with Crippen molar-refractivity contribution in [3.05, 3.63) is 76.5 Å². The molecular weight excluding hydrogens is 384 g/mol. The minimum absolute atomic E-state index is 0.180. The molecule has 0 saturated carbocycles. The number of hydrogen-bond acceptors (Lipinski definition) is 3. The Balaban J connectivity index is 1.67. The molecule has 0 saturated heterocycles. The summed E-state index contributed by atoms with van der Waals surface area (Å²) in [5, 5.41) is 7.01. The average molecular weight is 399 g/mol. The molecule has 0 bridgehead atoms. The zero-order valence-electron chi connectivity index (χ0n) is 13.1. The molecule has 0 fully saturated rings. The van der Waals surface area contributed by atoms with Crippen LogP contribution in [-0.2, 0) is 11.2 Å². The number of anilines is 1. The lowest BCUT2D eigenvalue weighted by Gasteiger charge is -2.07. The number of primary amides is 1. The van der Waals surface area contributed by atoms with E-state index in [1.54, 1.807) is 47.3 Å². The van der Waals surface area contributed by atoms with Crippen molar-refractivity contribution in [3.63, 3.8) is 0 Å². The van der Waals surface area contributed by atoms with E-state index in [1.165, 1.54) is 0 Å². The maximum absolute atomic E-state index is 12.3. The maximum Gasteiger partial charge on any atom is 0.255 e. The van der Waals surface area contributed by atoms with Gasteiger partial charge in [0.25, 0.3) is 5.91 Å². The van der Waals surface area contributed by atoms with Gasteiger partial charge in [0.05, 0.1) is 22.8 Å². The molecule has 3 aromatic rings. The van der Waals surface area contributed by atoms with Gasteiger partial charge in [-0.1, -0.05) is 12.1 Å².